The number of nitrogens with one attached hydrogen (secondary N) is 2. The minimum Gasteiger partial charge on any atom is -0.494 e. The third kappa shape index (κ3) is 6.24. The summed E-state index contributed by atoms with van der Waals surface area (Å²) in [6.07, 6.45) is -0.179. The first kappa shape index (κ1) is 23.1. The Balaban J connectivity index is 1.63. The molecule has 3 aromatic rings. The summed E-state index contributed by atoms with van der Waals surface area (Å²) in [5.74, 6) is 0.966. The monoisotopic (exact) mass is 454 g/mol. The Morgan fingerprint density at radius 2 is 1.47 bits per heavy atom. The minimum absolute atomic E-state index is 0.0805. The Labute approximate surface area is 188 Å². The summed E-state index contributed by atoms with van der Waals surface area (Å²) < 4.78 is 38.9. The van der Waals surface area contributed by atoms with Gasteiger partial charge in [-0.15, -0.1) is 0 Å². The summed E-state index contributed by atoms with van der Waals surface area (Å²) in [4.78, 5) is 12.6. The number of para-hydroxylation sites is 1. The zero-order valence-corrected chi connectivity index (χ0v) is 18.8. The molecule has 0 bridgehead atoms. The maximum absolute atomic E-state index is 12.7. The molecule has 0 aliphatic carbocycles. The number of hydrogen-bond donors (Lipinski definition) is 2. The summed E-state index contributed by atoms with van der Waals surface area (Å²) >= 11 is 0. The first-order valence-corrected chi connectivity index (χ1v) is 11.8. The number of sulfonamides is 1. The number of ether oxygens (including phenoxy) is 2. The van der Waals surface area contributed by atoms with E-state index in [0.717, 1.165) is 0 Å². The van der Waals surface area contributed by atoms with Gasteiger partial charge in [0.25, 0.3) is 15.9 Å². The maximum atomic E-state index is 12.7. The Kier molecular flexibility index (Phi) is 7.72. The lowest BCUT2D eigenvalue weighted by atomic mass is 10.2. The van der Waals surface area contributed by atoms with Crippen LogP contribution in [0.5, 0.6) is 11.5 Å². The summed E-state index contributed by atoms with van der Waals surface area (Å²) in [7, 11) is -3.77. The van der Waals surface area contributed by atoms with Gasteiger partial charge in [0, 0.05) is 11.4 Å². The molecule has 0 aromatic heterocycles. The quantitative estimate of drug-likeness (QED) is 0.464. The van der Waals surface area contributed by atoms with Gasteiger partial charge < -0.3 is 14.8 Å². The van der Waals surface area contributed by atoms with Gasteiger partial charge in [-0.2, -0.15) is 0 Å². The first-order valence-electron chi connectivity index (χ1n) is 10.3. The lowest BCUT2D eigenvalue weighted by Gasteiger charge is -2.17. The average Bonchev–Trinajstić information content (AvgIpc) is 2.80. The normalized spacial score (nSPS) is 11.9. The van der Waals surface area contributed by atoms with Gasteiger partial charge in [-0.05, 0) is 74.0 Å². The van der Waals surface area contributed by atoms with Crippen molar-refractivity contribution < 1.29 is 22.7 Å². The van der Waals surface area contributed by atoms with Crippen LogP contribution >= 0.6 is 0 Å². The van der Waals surface area contributed by atoms with Gasteiger partial charge in [-0.1, -0.05) is 25.1 Å². The van der Waals surface area contributed by atoms with Crippen LogP contribution in [0.3, 0.4) is 0 Å². The molecule has 8 heteroatoms. The molecule has 0 heterocycles. The Hall–Kier alpha value is -3.52. The van der Waals surface area contributed by atoms with E-state index in [2.05, 4.69) is 10.0 Å². The van der Waals surface area contributed by atoms with Gasteiger partial charge in [-0.3, -0.25) is 9.52 Å². The van der Waals surface area contributed by atoms with Crippen LogP contribution in [0.2, 0.25) is 0 Å². The van der Waals surface area contributed by atoms with Crippen molar-refractivity contribution in [3.8, 4) is 11.5 Å². The van der Waals surface area contributed by atoms with E-state index >= 15 is 0 Å². The van der Waals surface area contributed by atoms with Gasteiger partial charge in [-0.25, -0.2) is 8.42 Å². The third-order valence-electron chi connectivity index (χ3n) is 4.53. The highest BCUT2D eigenvalue weighted by atomic mass is 32.2. The molecular weight excluding hydrogens is 428 g/mol. The molecule has 0 aliphatic heterocycles. The van der Waals surface area contributed by atoms with Crippen LogP contribution in [0.25, 0.3) is 0 Å². The van der Waals surface area contributed by atoms with E-state index in [1.165, 1.54) is 12.1 Å². The average molecular weight is 455 g/mol. The molecule has 0 spiro atoms. The molecule has 168 valence electrons. The lowest BCUT2D eigenvalue weighted by molar-refractivity contribution is -0.122. The number of anilines is 2. The number of rotatable bonds is 10. The first-order chi connectivity index (χ1) is 15.4. The lowest BCUT2D eigenvalue weighted by Crippen LogP contribution is -2.32. The smallest absolute Gasteiger partial charge is 0.265 e. The number of carbonyl (C=O) groups is 1. The molecule has 0 saturated heterocycles. The second-order valence-corrected chi connectivity index (χ2v) is 8.59. The molecule has 1 amide bonds. The Bertz CT molecular complexity index is 1120. The third-order valence-corrected chi connectivity index (χ3v) is 5.93. The zero-order chi connectivity index (χ0) is 23.0. The van der Waals surface area contributed by atoms with Crippen LogP contribution in [-0.4, -0.2) is 27.0 Å². The SMILES string of the molecule is CCOc1ccc(NS(=O)(=O)c2ccc(NC(=O)[C@H](CC)Oc3ccccc3)cc2)cc1. The fourth-order valence-corrected chi connectivity index (χ4v) is 3.98. The highest BCUT2D eigenvalue weighted by molar-refractivity contribution is 7.92. The van der Waals surface area contributed by atoms with Crippen molar-refractivity contribution in [2.75, 3.05) is 16.6 Å². The fraction of sp³-hybridized carbons (Fsp3) is 0.208. The predicted molar refractivity (Wildman–Crippen MR) is 125 cm³/mol. The standard InChI is InChI=1S/C24H26N2O5S/c1-3-23(31-21-8-6-5-7-9-21)24(27)25-18-12-16-22(17-13-18)32(28,29)26-19-10-14-20(15-11-19)30-4-2/h5-17,23,26H,3-4H2,1-2H3,(H,25,27)/t23-/m0/s1. The summed E-state index contributed by atoms with van der Waals surface area (Å²) in [5.41, 5.74) is 0.903. The van der Waals surface area contributed by atoms with Crippen molar-refractivity contribution in [3.63, 3.8) is 0 Å². The molecule has 0 radical (unpaired) electrons. The van der Waals surface area contributed by atoms with Crippen LogP contribution in [-0.2, 0) is 14.8 Å². The van der Waals surface area contributed by atoms with E-state index in [9.17, 15) is 13.2 Å². The van der Waals surface area contributed by atoms with E-state index in [1.54, 1.807) is 48.5 Å². The van der Waals surface area contributed by atoms with Gasteiger partial charge in [0.15, 0.2) is 6.10 Å². The molecule has 0 unspecified atom stereocenters. The molecule has 3 rings (SSSR count). The second kappa shape index (κ2) is 10.7. The van der Waals surface area contributed by atoms with E-state index in [4.69, 9.17) is 9.47 Å². The van der Waals surface area contributed by atoms with Gasteiger partial charge >= 0.3 is 0 Å². The Morgan fingerprint density at radius 3 is 2.06 bits per heavy atom. The fourth-order valence-electron chi connectivity index (χ4n) is 2.93. The summed E-state index contributed by atoms with van der Waals surface area (Å²) in [6, 6.07) is 21.7. The van der Waals surface area contributed by atoms with Crippen molar-refractivity contribution >= 4 is 27.3 Å². The Morgan fingerprint density at radius 1 is 0.844 bits per heavy atom. The molecule has 1 atom stereocenters. The summed E-state index contributed by atoms with van der Waals surface area (Å²) in [6.45, 7) is 4.27. The van der Waals surface area contributed by atoms with Gasteiger partial charge in [0.2, 0.25) is 0 Å². The molecule has 0 aliphatic rings. The van der Waals surface area contributed by atoms with Crippen LogP contribution in [0.1, 0.15) is 20.3 Å². The molecule has 7 nitrogen and oxygen atoms in total. The topological polar surface area (TPSA) is 93.7 Å². The highest BCUT2D eigenvalue weighted by Gasteiger charge is 2.19. The van der Waals surface area contributed by atoms with E-state index < -0.39 is 16.1 Å². The highest BCUT2D eigenvalue weighted by Crippen LogP contribution is 2.21. The molecule has 0 saturated carbocycles. The van der Waals surface area contributed by atoms with Crippen molar-refractivity contribution in [2.45, 2.75) is 31.3 Å². The predicted octanol–water partition coefficient (Wildman–Crippen LogP) is 4.68. The van der Waals surface area contributed by atoms with Crippen LogP contribution < -0.4 is 19.5 Å². The van der Waals surface area contributed by atoms with E-state index in [1.807, 2.05) is 32.0 Å². The van der Waals surface area contributed by atoms with E-state index in [-0.39, 0.29) is 10.8 Å². The van der Waals surface area contributed by atoms with E-state index in [0.29, 0.717) is 35.9 Å². The van der Waals surface area contributed by atoms with Crippen LogP contribution in [0.15, 0.2) is 83.8 Å². The van der Waals surface area contributed by atoms with Gasteiger partial charge in [0.1, 0.15) is 11.5 Å². The largest absolute Gasteiger partial charge is 0.494 e. The minimum atomic E-state index is -3.77. The number of benzene rings is 3. The molecule has 0 fully saturated rings. The molecular formula is C24H26N2O5S. The number of carbonyl (C=O) groups excluding carboxylic acids is 1. The van der Waals surface area contributed by atoms with Crippen molar-refractivity contribution in [1.82, 2.24) is 0 Å². The summed E-state index contributed by atoms with van der Waals surface area (Å²) in [5, 5.41) is 2.77. The number of amides is 1. The van der Waals surface area contributed by atoms with Crippen LogP contribution in [0, 0.1) is 0 Å². The van der Waals surface area contributed by atoms with Crippen molar-refractivity contribution in [3.05, 3.63) is 78.9 Å². The molecule has 3 aromatic carbocycles. The van der Waals surface area contributed by atoms with Crippen molar-refractivity contribution in [2.24, 2.45) is 0 Å². The molecule has 32 heavy (non-hydrogen) atoms. The van der Waals surface area contributed by atoms with Crippen LogP contribution in [0.4, 0.5) is 11.4 Å². The second-order valence-electron chi connectivity index (χ2n) is 6.90. The van der Waals surface area contributed by atoms with Crippen molar-refractivity contribution in [1.29, 1.82) is 0 Å². The maximum Gasteiger partial charge on any atom is 0.265 e. The van der Waals surface area contributed by atoms with Gasteiger partial charge in [0.05, 0.1) is 11.5 Å². The molecule has 2 N–H and O–H groups in total. The zero-order valence-electron chi connectivity index (χ0n) is 17.9. The number of hydrogen-bond acceptors (Lipinski definition) is 5.